The average molecular weight is 570 g/mol. The summed E-state index contributed by atoms with van der Waals surface area (Å²) in [7, 11) is -2.32. The minimum Gasteiger partial charge on any atom is -0.476 e. The van der Waals surface area contributed by atoms with Gasteiger partial charge in [-0.3, -0.25) is 0 Å². The summed E-state index contributed by atoms with van der Waals surface area (Å²) in [6.07, 6.45) is 4.93. The molecular weight excluding hydrogens is 542 g/mol. The standard InChI is InChI=1S/C28H26F2N4O3S2/c1-3-15(2)19-13-18(7-8-21(19)29)26-20(10-17-6-9-25(39(31)37)22(30)11-17)24(12-16-4-5-16)34(33-26)28-32-23(14-38-28)27(35)36/h3,6-9,11,13-14,16H,4-5,10,12H2,1-2H3,(H2,31,37)(H,35,36)/p+1/b15-3+. The van der Waals surface area contributed by atoms with E-state index in [0.717, 1.165) is 29.7 Å². The maximum Gasteiger partial charge on any atom is 0.355 e. The van der Waals surface area contributed by atoms with Gasteiger partial charge in [0.1, 0.15) is 5.82 Å². The summed E-state index contributed by atoms with van der Waals surface area (Å²) in [6, 6.07) is 9.25. The molecule has 2 aromatic carbocycles. The third kappa shape index (κ3) is 5.61. The lowest BCUT2D eigenvalue weighted by Gasteiger charge is -2.10. The number of thiol groups is 1. The van der Waals surface area contributed by atoms with Crippen molar-refractivity contribution < 1.29 is 22.9 Å². The van der Waals surface area contributed by atoms with Crippen molar-refractivity contribution in [1.82, 2.24) is 14.8 Å². The van der Waals surface area contributed by atoms with Gasteiger partial charge in [-0.15, -0.1) is 16.5 Å². The molecule has 0 spiro atoms. The second-order valence-electron chi connectivity index (χ2n) is 9.61. The lowest BCUT2D eigenvalue weighted by molar-refractivity contribution is 0.0691. The fourth-order valence-electron chi connectivity index (χ4n) is 4.50. The van der Waals surface area contributed by atoms with Crippen molar-refractivity contribution in [1.29, 1.82) is 0 Å². The van der Waals surface area contributed by atoms with Crippen LogP contribution in [0.4, 0.5) is 8.78 Å². The molecule has 39 heavy (non-hydrogen) atoms. The van der Waals surface area contributed by atoms with Gasteiger partial charge in [0, 0.05) is 28.5 Å². The number of benzene rings is 2. The van der Waals surface area contributed by atoms with Crippen LogP contribution in [0.3, 0.4) is 0 Å². The average Bonchev–Trinajstić information content (AvgIpc) is 3.46. The van der Waals surface area contributed by atoms with Gasteiger partial charge in [-0.2, -0.15) is 5.10 Å². The quantitative estimate of drug-likeness (QED) is 0.194. The Morgan fingerprint density at radius 3 is 2.62 bits per heavy atom. The minimum atomic E-state index is -2.32. The summed E-state index contributed by atoms with van der Waals surface area (Å²) < 4.78 is 42.8. The van der Waals surface area contributed by atoms with Gasteiger partial charge in [0.15, 0.2) is 22.5 Å². The Balaban J connectivity index is 1.71. The fourth-order valence-corrected chi connectivity index (χ4v) is 5.77. The molecule has 0 aliphatic heterocycles. The molecule has 1 fully saturated rings. The molecule has 1 aliphatic carbocycles. The zero-order chi connectivity index (χ0) is 27.8. The number of thiazole rings is 1. The fraction of sp³-hybridized carbons (Fsp3) is 0.250. The first-order valence-corrected chi connectivity index (χ1v) is 14.6. The van der Waals surface area contributed by atoms with Crippen LogP contribution in [0.1, 0.15) is 59.6 Å². The molecule has 1 unspecified atom stereocenters. The van der Waals surface area contributed by atoms with Gasteiger partial charge in [-0.05, 0) is 80.5 Å². The van der Waals surface area contributed by atoms with Gasteiger partial charge in [0.05, 0.1) is 11.4 Å². The summed E-state index contributed by atoms with van der Waals surface area (Å²) >= 11 is 1.17. The van der Waals surface area contributed by atoms with Gasteiger partial charge in [0.2, 0.25) is 10.0 Å². The molecule has 2 aromatic heterocycles. The Morgan fingerprint density at radius 1 is 1.23 bits per heavy atom. The number of carbonyl (C=O) groups is 1. The van der Waals surface area contributed by atoms with Crippen LogP contribution >= 0.6 is 11.3 Å². The van der Waals surface area contributed by atoms with Crippen molar-refractivity contribution in [2.24, 2.45) is 11.1 Å². The van der Waals surface area contributed by atoms with E-state index >= 15 is 0 Å². The van der Waals surface area contributed by atoms with Crippen molar-refractivity contribution in [3.05, 3.63) is 87.6 Å². The molecule has 1 saturated carbocycles. The zero-order valence-corrected chi connectivity index (χ0v) is 23.0. The van der Waals surface area contributed by atoms with Gasteiger partial charge in [-0.1, -0.05) is 16.4 Å². The molecule has 3 N–H and O–H groups in total. The predicted octanol–water partition coefficient (Wildman–Crippen LogP) is 5.87. The topological polar surface area (TPSA) is 111 Å². The van der Waals surface area contributed by atoms with E-state index in [1.54, 1.807) is 22.9 Å². The SMILES string of the molecule is C/C=C(\C)c1cc(-c2nn(-c3nc(C(=O)O)cs3)c(CC3CC3)c2Cc2ccc([SH+](N)=O)c(F)c2)ccc1F. The third-order valence-corrected chi connectivity index (χ3v) is 8.54. The Hall–Kier alpha value is -3.54. The molecule has 0 amide bonds. The van der Waals surface area contributed by atoms with E-state index in [2.05, 4.69) is 4.98 Å². The summed E-state index contributed by atoms with van der Waals surface area (Å²) in [5.41, 5.74) is 4.69. The number of aromatic carboxylic acids is 1. The molecule has 7 nitrogen and oxygen atoms in total. The van der Waals surface area contributed by atoms with Crippen LogP contribution in [0.5, 0.6) is 0 Å². The maximum absolute atomic E-state index is 14.7. The van der Waals surface area contributed by atoms with Crippen LogP contribution in [-0.4, -0.2) is 25.8 Å². The number of carboxylic acid groups (broad SMARTS) is 1. The molecule has 202 valence electrons. The molecule has 2 heterocycles. The van der Waals surface area contributed by atoms with E-state index in [-0.39, 0.29) is 16.4 Å². The number of allylic oxidation sites excluding steroid dienone is 2. The lowest BCUT2D eigenvalue weighted by atomic mass is 9.95. The van der Waals surface area contributed by atoms with Crippen LogP contribution < -0.4 is 5.14 Å². The smallest absolute Gasteiger partial charge is 0.355 e. The van der Waals surface area contributed by atoms with E-state index in [1.807, 2.05) is 19.9 Å². The highest BCUT2D eigenvalue weighted by molar-refractivity contribution is 7.82. The number of aromatic nitrogens is 3. The summed E-state index contributed by atoms with van der Waals surface area (Å²) in [5.74, 6) is -1.69. The first kappa shape index (κ1) is 27.0. The zero-order valence-electron chi connectivity index (χ0n) is 21.3. The number of carboxylic acids is 1. The Bertz CT molecular complexity index is 1640. The molecule has 5 rings (SSSR count). The van der Waals surface area contributed by atoms with E-state index in [9.17, 15) is 22.9 Å². The van der Waals surface area contributed by atoms with Gasteiger partial charge in [0.25, 0.3) is 0 Å². The molecule has 1 atom stereocenters. The number of hydrogen-bond acceptors (Lipinski definition) is 5. The first-order valence-electron chi connectivity index (χ1n) is 12.4. The monoisotopic (exact) mass is 569 g/mol. The first-order chi connectivity index (χ1) is 18.7. The second-order valence-corrected chi connectivity index (χ2v) is 11.6. The van der Waals surface area contributed by atoms with Crippen LogP contribution in [0.15, 0.2) is 52.7 Å². The van der Waals surface area contributed by atoms with Crippen molar-refractivity contribution in [2.45, 2.75) is 44.4 Å². The Morgan fingerprint density at radius 2 is 2.00 bits per heavy atom. The van der Waals surface area contributed by atoms with E-state index in [1.165, 1.54) is 34.9 Å². The second kappa shape index (κ2) is 10.9. The van der Waals surface area contributed by atoms with Crippen molar-refractivity contribution >= 4 is 33.9 Å². The van der Waals surface area contributed by atoms with Gasteiger partial charge in [-0.25, -0.2) is 23.2 Å². The molecule has 11 heteroatoms. The molecule has 0 saturated heterocycles. The number of rotatable bonds is 9. The lowest BCUT2D eigenvalue weighted by Crippen LogP contribution is -2.07. The summed E-state index contributed by atoms with van der Waals surface area (Å²) in [4.78, 5) is 15.8. The largest absolute Gasteiger partial charge is 0.476 e. The van der Waals surface area contributed by atoms with Crippen molar-refractivity contribution in [3.8, 4) is 16.4 Å². The van der Waals surface area contributed by atoms with Crippen LogP contribution in [-0.2, 0) is 28.0 Å². The number of halogens is 2. The Labute approximate surface area is 230 Å². The molecule has 1 aliphatic rings. The highest BCUT2D eigenvalue weighted by Gasteiger charge is 2.30. The molecule has 0 radical (unpaired) electrons. The normalized spacial score (nSPS) is 14.5. The maximum atomic E-state index is 14.7. The van der Waals surface area contributed by atoms with Crippen molar-refractivity contribution in [3.63, 3.8) is 0 Å². The van der Waals surface area contributed by atoms with E-state index in [4.69, 9.17) is 10.2 Å². The molecule has 4 aromatic rings. The van der Waals surface area contributed by atoms with E-state index in [0.29, 0.717) is 46.3 Å². The van der Waals surface area contributed by atoms with Crippen molar-refractivity contribution in [2.75, 3.05) is 0 Å². The highest BCUT2D eigenvalue weighted by Crippen LogP contribution is 2.39. The minimum absolute atomic E-state index is 0.0446. The van der Waals surface area contributed by atoms with Gasteiger partial charge >= 0.3 is 5.97 Å². The molecular formula is C28H27F2N4O3S2+. The predicted molar refractivity (Wildman–Crippen MR) is 148 cm³/mol. The highest BCUT2D eigenvalue weighted by atomic mass is 32.2. The summed E-state index contributed by atoms with van der Waals surface area (Å²) in [6.45, 7) is 3.67. The number of nitrogens with zero attached hydrogens (tertiary/aromatic N) is 3. The number of hydrogen-bond donors (Lipinski definition) is 2. The van der Waals surface area contributed by atoms with Crippen LogP contribution in [0, 0.1) is 17.6 Å². The summed E-state index contributed by atoms with van der Waals surface area (Å²) in [5, 5.41) is 21.6. The van der Waals surface area contributed by atoms with Crippen LogP contribution in [0.2, 0.25) is 0 Å². The van der Waals surface area contributed by atoms with E-state index < -0.39 is 22.8 Å². The Kier molecular flexibility index (Phi) is 7.57. The third-order valence-electron chi connectivity index (χ3n) is 6.89. The van der Waals surface area contributed by atoms with Crippen LogP contribution in [0.25, 0.3) is 22.0 Å². The molecule has 0 bridgehead atoms. The number of nitrogens with two attached hydrogens (primary N) is 1. The van der Waals surface area contributed by atoms with Gasteiger partial charge < -0.3 is 5.11 Å².